The summed E-state index contributed by atoms with van der Waals surface area (Å²) < 4.78 is 37.9. The second-order valence-corrected chi connectivity index (χ2v) is 6.14. The third-order valence-corrected chi connectivity index (χ3v) is 4.11. The fraction of sp³-hybridized carbons (Fsp3) is 0.600. The quantitative estimate of drug-likeness (QED) is 0.761. The summed E-state index contributed by atoms with van der Waals surface area (Å²) >= 11 is 5.95. The molecule has 9 heteroatoms. The van der Waals surface area contributed by atoms with E-state index in [4.69, 9.17) is 11.6 Å². The summed E-state index contributed by atoms with van der Waals surface area (Å²) in [5, 5.41) is 5.87. The van der Waals surface area contributed by atoms with Gasteiger partial charge in [0, 0.05) is 31.7 Å². The number of anilines is 1. The van der Waals surface area contributed by atoms with E-state index in [1.165, 1.54) is 0 Å². The Morgan fingerprint density at radius 2 is 2.25 bits per heavy atom. The predicted molar refractivity (Wildman–Crippen MR) is 86.2 cm³/mol. The summed E-state index contributed by atoms with van der Waals surface area (Å²) in [6.07, 6.45) is -1.78. The lowest BCUT2D eigenvalue weighted by molar-refractivity contribution is -0.137. The average molecular weight is 365 g/mol. The molecule has 1 atom stereocenters. The molecule has 0 spiro atoms. The highest BCUT2D eigenvalue weighted by Gasteiger charge is 2.33. The van der Waals surface area contributed by atoms with Gasteiger partial charge >= 0.3 is 6.18 Å². The first-order valence-electron chi connectivity index (χ1n) is 7.73. The van der Waals surface area contributed by atoms with Gasteiger partial charge in [-0.25, -0.2) is 4.98 Å². The normalized spacial score (nSPS) is 18.0. The Hall–Kier alpha value is -1.54. The van der Waals surface area contributed by atoms with Crippen molar-refractivity contribution in [2.24, 2.45) is 0 Å². The monoisotopic (exact) mass is 364 g/mol. The van der Waals surface area contributed by atoms with E-state index in [1.807, 2.05) is 7.05 Å². The van der Waals surface area contributed by atoms with Crippen LogP contribution in [0, 0.1) is 0 Å². The Bertz CT molecular complexity index is 582. The lowest BCUT2D eigenvalue weighted by Crippen LogP contribution is -2.37. The number of amides is 1. The predicted octanol–water partition coefficient (Wildman–Crippen LogP) is 2.45. The van der Waals surface area contributed by atoms with E-state index in [0.29, 0.717) is 31.7 Å². The second-order valence-electron chi connectivity index (χ2n) is 5.73. The summed E-state index contributed by atoms with van der Waals surface area (Å²) in [7, 11) is 1.83. The maximum absolute atomic E-state index is 12.6. The van der Waals surface area contributed by atoms with Gasteiger partial charge in [0.2, 0.25) is 5.91 Å². The van der Waals surface area contributed by atoms with Crippen LogP contribution in [-0.2, 0) is 11.0 Å². The van der Waals surface area contributed by atoms with E-state index in [1.54, 1.807) is 4.90 Å². The van der Waals surface area contributed by atoms with E-state index < -0.39 is 11.7 Å². The molecule has 0 radical (unpaired) electrons. The van der Waals surface area contributed by atoms with Crippen LogP contribution in [0.4, 0.5) is 19.0 Å². The highest BCUT2D eigenvalue weighted by Crippen LogP contribution is 2.34. The van der Waals surface area contributed by atoms with Crippen molar-refractivity contribution in [3.05, 3.63) is 22.8 Å². The van der Waals surface area contributed by atoms with Gasteiger partial charge < -0.3 is 15.5 Å². The van der Waals surface area contributed by atoms with Gasteiger partial charge in [0.1, 0.15) is 5.82 Å². The molecule has 1 unspecified atom stereocenters. The number of aromatic nitrogens is 1. The van der Waals surface area contributed by atoms with Gasteiger partial charge in [-0.2, -0.15) is 13.2 Å². The molecule has 2 rings (SSSR count). The second kappa shape index (κ2) is 8.02. The van der Waals surface area contributed by atoms with E-state index in [9.17, 15) is 18.0 Å². The highest BCUT2D eigenvalue weighted by molar-refractivity contribution is 6.33. The molecule has 0 saturated carbocycles. The minimum atomic E-state index is -4.47. The number of hydrogen-bond donors (Lipinski definition) is 2. The molecule has 1 aromatic heterocycles. The Morgan fingerprint density at radius 1 is 1.50 bits per heavy atom. The van der Waals surface area contributed by atoms with Crippen molar-refractivity contribution in [2.75, 3.05) is 31.6 Å². The first kappa shape index (κ1) is 18.8. The number of pyridine rings is 1. The third kappa shape index (κ3) is 4.98. The van der Waals surface area contributed by atoms with Crippen LogP contribution in [0.15, 0.2) is 12.3 Å². The summed E-state index contributed by atoms with van der Waals surface area (Å²) in [6, 6.07) is 0.834. The number of nitrogens with one attached hydrogen (secondary N) is 2. The molecule has 0 aliphatic carbocycles. The molecule has 0 aromatic carbocycles. The molecule has 1 fully saturated rings. The lowest BCUT2D eigenvalue weighted by atomic mass is 10.2. The number of halogens is 4. The molecule has 24 heavy (non-hydrogen) atoms. The van der Waals surface area contributed by atoms with Crippen molar-refractivity contribution >= 4 is 23.3 Å². The molecule has 2 heterocycles. The van der Waals surface area contributed by atoms with E-state index in [0.717, 1.165) is 25.2 Å². The maximum atomic E-state index is 12.6. The van der Waals surface area contributed by atoms with Gasteiger partial charge in [0.15, 0.2) is 0 Å². The van der Waals surface area contributed by atoms with Crippen molar-refractivity contribution in [1.82, 2.24) is 15.6 Å². The van der Waals surface area contributed by atoms with Crippen LogP contribution in [0.2, 0.25) is 5.02 Å². The maximum Gasteiger partial charge on any atom is 0.417 e. The van der Waals surface area contributed by atoms with Crippen molar-refractivity contribution in [3.8, 4) is 0 Å². The molecule has 1 amide bonds. The average Bonchev–Trinajstić information content (AvgIpc) is 2.94. The highest BCUT2D eigenvalue weighted by atomic mass is 35.5. The van der Waals surface area contributed by atoms with Crippen molar-refractivity contribution in [3.63, 3.8) is 0 Å². The van der Waals surface area contributed by atoms with Crippen LogP contribution in [0.1, 0.15) is 24.8 Å². The SMILES string of the molecule is CNCCCC(=O)NC1CCN(c2ncc(C(F)(F)F)cc2Cl)C1. The van der Waals surface area contributed by atoms with Gasteiger partial charge in [0.05, 0.1) is 10.6 Å². The zero-order valence-corrected chi connectivity index (χ0v) is 14.0. The summed E-state index contributed by atoms with van der Waals surface area (Å²) in [5.41, 5.74) is -0.871. The number of nitrogens with zero attached hydrogens (tertiary/aromatic N) is 2. The first-order valence-corrected chi connectivity index (χ1v) is 8.10. The molecule has 1 aliphatic heterocycles. The van der Waals surface area contributed by atoms with Crippen molar-refractivity contribution in [1.29, 1.82) is 0 Å². The molecule has 1 aliphatic rings. The molecule has 2 N–H and O–H groups in total. The summed E-state index contributed by atoms with van der Waals surface area (Å²) in [6.45, 7) is 1.84. The minimum Gasteiger partial charge on any atom is -0.353 e. The Labute approximate surface area is 143 Å². The van der Waals surface area contributed by atoms with Crippen molar-refractivity contribution < 1.29 is 18.0 Å². The fourth-order valence-corrected chi connectivity index (χ4v) is 2.90. The molecular formula is C15H20ClF3N4O. The Balaban J connectivity index is 1.92. The molecule has 1 saturated heterocycles. The largest absolute Gasteiger partial charge is 0.417 e. The standard InChI is InChI=1S/C15H20ClF3N4O/c1-20-5-2-3-13(24)22-11-4-6-23(9-11)14-12(16)7-10(8-21-14)15(17,18)19/h7-8,11,20H,2-6,9H2,1H3,(H,22,24). The summed E-state index contributed by atoms with van der Waals surface area (Å²) in [4.78, 5) is 17.5. The number of rotatable bonds is 6. The first-order chi connectivity index (χ1) is 11.3. The number of alkyl halides is 3. The molecule has 134 valence electrons. The van der Waals surface area contributed by atoms with Gasteiger partial charge in [-0.3, -0.25) is 4.79 Å². The minimum absolute atomic E-state index is 0.0245. The van der Waals surface area contributed by atoms with Gasteiger partial charge in [-0.05, 0) is 32.5 Å². The fourth-order valence-electron chi connectivity index (χ4n) is 2.61. The number of carbonyl (C=O) groups excluding carboxylic acids is 1. The Kier molecular flexibility index (Phi) is 6.28. The molecule has 5 nitrogen and oxygen atoms in total. The van der Waals surface area contributed by atoms with E-state index in [-0.39, 0.29) is 17.0 Å². The van der Waals surface area contributed by atoms with Crippen LogP contribution in [0.3, 0.4) is 0 Å². The van der Waals surface area contributed by atoms with Crippen molar-refractivity contribution in [2.45, 2.75) is 31.5 Å². The van der Waals surface area contributed by atoms with Crippen LogP contribution in [0.25, 0.3) is 0 Å². The third-order valence-electron chi connectivity index (χ3n) is 3.83. The van der Waals surface area contributed by atoms with Gasteiger partial charge in [-0.1, -0.05) is 11.6 Å². The smallest absolute Gasteiger partial charge is 0.353 e. The van der Waals surface area contributed by atoms with Gasteiger partial charge in [-0.15, -0.1) is 0 Å². The van der Waals surface area contributed by atoms with E-state index in [2.05, 4.69) is 15.6 Å². The number of carbonyl (C=O) groups is 1. The zero-order valence-electron chi connectivity index (χ0n) is 13.3. The topological polar surface area (TPSA) is 57.3 Å². The molecular weight excluding hydrogens is 345 g/mol. The zero-order chi connectivity index (χ0) is 17.7. The van der Waals surface area contributed by atoms with Crippen LogP contribution < -0.4 is 15.5 Å². The number of hydrogen-bond acceptors (Lipinski definition) is 4. The van der Waals surface area contributed by atoms with Crippen LogP contribution in [-0.4, -0.2) is 43.6 Å². The lowest BCUT2D eigenvalue weighted by Gasteiger charge is -2.20. The van der Waals surface area contributed by atoms with Gasteiger partial charge in [0.25, 0.3) is 0 Å². The molecule has 0 bridgehead atoms. The molecule has 1 aromatic rings. The summed E-state index contributed by atoms with van der Waals surface area (Å²) in [5.74, 6) is 0.292. The van der Waals surface area contributed by atoms with Crippen LogP contribution in [0.5, 0.6) is 0 Å². The van der Waals surface area contributed by atoms with Crippen LogP contribution >= 0.6 is 11.6 Å². The van der Waals surface area contributed by atoms with E-state index >= 15 is 0 Å². The Morgan fingerprint density at radius 3 is 2.88 bits per heavy atom.